The van der Waals surface area contributed by atoms with Crippen molar-refractivity contribution in [3.8, 4) is 11.5 Å². The summed E-state index contributed by atoms with van der Waals surface area (Å²) < 4.78 is 3.37. The van der Waals surface area contributed by atoms with E-state index < -0.39 is 5.97 Å². The number of aliphatic carboxylic acids is 1. The number of carboxylic acids is 1. The van der Waals surface area contributed by atoms with Crippen LogP contribution in [0.1, 0.15) is 12.8 Å². The molecule has 0 aliphatic rings. The first-order valence-electron chi connectivity index (χ1n) is 6.57. The molecule has 3 rings (SSSR count). The van der Waals surface area contributed by atoms with Crippen LogP contribution in [0.2, 0.25) is 0 Å². The van der Waals surface area contributed by atoms with Crippen LogP contribution in [0.5, 0.6) is 0 Å². The van der Waals surface area contributed by atoms with Gasteiger partial charge in [-0.2, -0.15) is 5.10 Å². The number of hydrogen-bond donors (Lipinski definition) is 1. The lowest BCUT2D eigenvalue weighted by atomic mass is 10.2. The van der Waals surface area contributed by atoms with E-state index in [-0.39, 0.29) is 6.42 Å². The molecule has 0 spiro atoms. The zero-order valence-electron chi connectivity index (χ0n) is 11.5. The predicted molar refractivity (Wildman–Crippen MR) is 74.4 cm³/mol. The Hall–Kier alpha value is -2.77. The van der Waals surface area contributed by atoms with Crippen LogP contribution < -0.4 is 0 Å². The lowest BCUT2D eigenvalue weighted by Crippen LogP contribution is -2.06. The number of hydrogen-bond acceptors (Lipinski definition) is 5. The second kappa shape index (κ2) is 5.31. The number of para-hydroxylation sites is 1. The quantitative estimate of drug-likeness (QED) is 0.753. The second-order valence-electron chi connectivity index (χ2n) is 4.71. The summed E-state index contributed by atoms with van der Waals surface area (Å²) in [6.07, 6.45) is 0.556. The molecule has 0 amide bonds. The molecule has 0 bridgehead atoms. The third-order valence-corrected chi connectivity index (χ3v) is 3.26. The maximum atomic E-state index is 10.6. The van der Waals surface area contributed by atoms with Crippen LogP contribution in [0.25, 0.3) is 22.4 Å². The predicted octanol–water partition coefficient (Wildman–Crippen LogP) is 1.09. The monoisotopic (exact) mass is 286 g/mol. The Labute approximate surface area is 120 Å². The van der Waals surface area contributed by atoms with Gasteiger partial charge in [-0.3, -0.25) is 9.48 Å². The average molecular weight is 286 g/mol. The largest absolute Gasteiger partial charge is 0.481 e. The summed E-state index contributed by atoms with van der Waals surface area (Å²) in [6.45, 7) is 0.444. The van der Waals surface area contributed by atoms with Crippen LogP contribution in [0.4, 0.5) is 0 Å². The first-order chi connectivity index (χ1) is 10.2. The van der Waals surface area contributed by atoms with E-state index in [0.29, 0.717) is 24.5 Å². The van der Waals surface area contributed by atoms with E-state index in [2.05, 4.69) is 20.6 Å². The van der Waals surface area contributed by atoms with Crippen molar-refractivity contribution < 1.29 is 9.90 Å². The number of fused-ring (bicyclic) bond motifs is 1. The van der Waals surface area contributed by atoms with Crippen LogP contribution in [-0.2, 0) is 18.4 Å². The van der Waals surface area contributed by atoms with E-state index in [1.54, 1.807) is 9.36 Å². The van der Waals surface area contributed by atoms with E-state index in [4.69, 9.17) is 5.11 Å². The number of aryl methyl sites for hydroxylation is 2. The van der Waals surface area contributed by atoms with Crippen LogP contribution in [-0.4, -0.2) is 41.1 Å². The van der Waals surface area contributed by atoms with E-state index in [9.17, 15) is 4.79 Å². The molecular formula is C13H14N6O2. The summed E-state index contributed by atoms with van der Waals surface area (Å²) in [5.41, 5.74) is 1.70. The maximum absolute atomic E-state index is 10.6. The zero-order valence-corrected chi connectivity index (χ0v) is 11.5. The van der Waals surface area contributed by atoms with E-state index >= 15 is 0 Å². The van der Waals surface area contributed by atoms with E-state index in [1.165, 1.54) is 0 Å². The van der Waals surface area contributed by atoms with Gasteiger partial charge in [0.05, 0.1) is 5.52 Å². The fraction of sp³-hybridized carbons (Fsp3) is 0.308. The molecule has 0 atom stereocenters. The van der Waals surface area contributed by atoms with Crippen LogP contribution in [0.3, 0.4) is 0 Å². The molecular weight excluding hydrogens is 272 g/mol. The van der Waals surface area contributed by atoms with Crippen LogP contribution in [0, 0.1) is 0 Å². The minimum atomic E-state index is -0.826. The van der Waals surface area contributed by atoms with Gasteiger partial charge in [-0.25, -0.2) is 4.68 Å². The summed E-state index contributed by atoms with van der Waals surface area (Å²) >= 11 is 0. The maximum Gasteiger partial charge on any atom is 0.303 e. The van der Waals surface area contributed by atoms with Crippen molar-refractivity contribution in [2.24, 2.45) is 7.05 Å². The van der Waals surface area contributed by atoms with Crippen LogP contribution >= 0.6 is 0 Å². The fourth-order valence-electron chi connectivity index (χ4n) is 2.28. The minimum absolute atomic E-state index is 0.0856. The highest BCUT2D eigenvalue weighted by Crippen LogP contribution is 2.25. The summed E-state index contributed by atoms with van der Waals surface area (Å²) in [7, 11) is 1.87. The Morgan fingerprint density at radius 1 is 1.33 bits per heavy atom. The Morgan fingerprint density at radius 3 is 2.95 bits per heavy atom. The van der Waals surface area contributed by atoms with Gasteiger partial charge in [-0.05, 0) is 22.9 Å². The van der Waals surface area contributed by atoms with Crippen molar-refractivity contribution in [1.29, 1.82) is 0 Å². The Balaban J connectivity index is 1.96. The summed E-state index contributed by atoms with van der Waals surface area (Å²) in [5, 5.41) is 25.8. The first-order valence-corrected chi connectivity index (χ1v) is 6.57. The average Bonchev–Trinajstić information content (AvgIpc) is 3.04. The third-order valence-electron chi connectivity index (χ3n) is 3.26. The number of rotatable bonds is 5. The first kappa shape index (κ1) is 13.2. The van der Waals surface area contributed by atoms with Gasteiger partial charge >= 0.3 is 5.97 Å². The topological polar surface area (TPSA) is 98.7 Å². The highest BCUT2D eigenvalue weighted by Gasteiger charge is 2.16. The molecule has 21 heavy (non-hydrogen) atoms. The number of benzene rings is 1. The number of carbonyl (C=O) groups is 1. The molecule has 0 aliphatic heterocycles. The molecule has 0 unspecified atom stereocenters. The Bertz CT molecular complexity index is 791. The van der Waals surface area contributed by atoms with Crippen molar-refractivity contribution in [1.82, 2.24) is 30.0 Å². The van der Waals surface area contributed by atoms with Crippen molar-refractivity contribution in [2.75, 3.05) is 0 Å². The third kappa shape index (κ3) is 2.47. The van der Waals surface area contributed by atoms with Crippen molar-refractivity contribution in [2.45, 2.75) is 19.4 Å². The molecule has 0 saturated heterocycles. The summed E-state index contributed by atoms with van der Waals surface area (Å²) in [6, 6.07) is 7.83. The number of tetrazole rings is 1. The lowest BCUT2D eigenvalue weighted by Gasteiger charge is -2.01. The fourth-order valence-corrected chi connectivity index (χ4v) is 2.28. The molecule has 3 aromatic rings. The molecule has 8 heteroatoms. The number of carboxylic acid groups (broad SMARTS) is 1. The Kier molecular flexibility index (Phi) is 3.35. The molecule has 2 heterocycles. The van der Waals surface area contributed by atoms with Crippen molar-refractivity contribution >= 4 is 16.9 Å². The van der Waals surface area contributed by atoms with Gasteiger partial charge in [0.2, 0.25) is 5.82 Å². The molecule has 2 aromatic heterocycles. The number of nitrogens with zero attached hydrogens (tertiary/aromatic N) is 6. The van der Waals surface area contributed by atoms with E-state index in [1.807, 2.05) is 31.3 Å². The SMILES string of the molecule is Cn1nc(-c2nnnn2CCCC(=O)O)c2ccccc21. The number of aromatic nitrogens is 6. The molecule has 1 N–H and O–H groups in total. The second-order valence-corrected chi connectivity index (χ2v) is 4.71. The lowest BCUT2D eigenvalue weighted by molar-refractivity contribution is -0.137. The van der Waals surface area contributed by atoms with Crippen LogP contribution in [0.15, 0.2) is 24.3 Å². The van der Waals surface area contributed by atoms with Gasteiger partial charge in [0.25, 0.3) is 0 Å². The summed E-state index contributed by atoms with van der Waals surface area (Å²) in [5.74, 6) is -0.273. The van der Waals surface area contributed by atoms with Crippen molar-refractivity contribution in [3.05, 3.63) is 24.3 Å². The molecule has 1 aromatic carbocycles. The van der Waals surface area contributed by atoms with Crippen molar-refractivity contribution in [3.63, 3.8) is 0 Å². The van der Waals surface area contributed by atoms with Gasteiger partial charge in [0.15, 0.2) is 0 Å². The minimum Gasteiger partial charge on any atom is -0.481 e. The van der Waals surface area contributed by atoms with E-state index in [0.717, 1.165) is 10.9 Å². The smallest absolute Gasteiger partial charge is 0.303 e. The highest BCUT2D eigenvalue weighted by molar-refractivity contribution is 5.91. The zero-order chi connectivity index (χ0) is 14.8. The van der Waals surface area contributed by atoms with Gasteiger partial charge in [0, 0.05) is 25.4 Å². The molecule has 8 nitrogen and oxygen atoms in total. The normalized spacial score (nSPS) is 11.1. The van der Waals surface area contributed by atoms with Gasteiger partial charge < -0.3 is 5.11 Å². The molecule has 0 fully saturated rings. The standard InChI is InChI=1S/C13H14N6O2/c1-18-10-6-3-2-5-9(10)12(15-18)13-14-16-17-19(13)8-4-7-11(20)21/h2-3,5-6H,4,7-8H2,1H3,(H,20,21). The summed E-state index contributed by atoms with van der Waals surface area (Å²) in [4.78, 5) is 10.6. The highest BCUT2D eigenvalue weighted by atomic mass is 16.4. The molecule has 0 aliphatic carbocycles. The molecule has 0 saturated carbocycles. The molecule has 108 valence electrons. The van der Waals surface area contributed by atoms with Gasteiger partial charge in [-0.1, -0.05) is 18.2 Å². The Morgan fingerprint density at radius 2 is 2.14 bits per heavy atom. The van der Waals surface area contributed by atoms with Gasteiger partial charge in [-0.15, -0.1) is 5.10 Å². The van der Waals surface area contributed by atoms with Gasteiger partial charge in [0.1, 0.15) is 5.69 Å². The molecule has 0 radical (unpaired) electrons.